The van der Waals surface area contributed by atoms with Gasteiger partial charge in [0, 0.05) is 6.61 Å². The van der Waals surface area contributed by atoms with Crippen molar-refractivity contribution < 1.29 is 4.74 Å². The first-order valence-corrected chi connectivity index (χ1v) is 6.16. The number of rotatable bonds is 5. The lowest BCUT2D eigenvalue weighted by molar-refractivity contribution is 0.0283. The largest absolute Gasteiger partial charge is 0.376 e. The van der Waals surface area contributed by atoms with Gasteiger partial charge in [0.1, 0.15) is 0 Å². The first-order valence-electron chi connectivity index (χ1n) is 6.16. The van der Waals surface area contributed by atoms with Crippen molar-refractivity contribution in [1.29, 1.82) is 0 Å². The second-order valence-corrected chi connectivity index (χ2v) is 4.69. The molecule has 2 nitrogen and oxygen atoms in total. The summed E-state index contributed by atoms with van der Waals surface area (Å²) in [6.07, 6.45) is 2.74. The lowest BCUT2D eigenvalue weighted by Gasteiger charge is -2.24. The quantitative estimate of drug-likeness (QED) is 0.826. The van der Waals surface area contributed by atoms with Gasteiger partial charge in [0.25, 0.3) is 0 Å². The number of benzene rings is 1. The average molecular weight is 219 g/mol. The topological polar surface area (TPSA) is 35.2 Å². The smallest absolute Gasteiger partial charge is 0.0795 e. The minimum atomic E-state index is 0.0213. The van der Waals surface area contributed by atoms with Gasteiger partial charge in [-0.2, -0.15) is 0 Å². The molecule has 1 fully saturated rings. The summed E-state index contributed by atoms with van der Waals surface area (Å²) in [4.78, 5) is 0. The fraction of sp³-hybridized carbons (Fsp3) is 0.571. The van der Waals surface area contributed by atoms with Gasteiger partial charge in [-0.1, -0.05) is 29.8 Å². The van der Waals surface area contributed by atoms with Crippen LogP contribution in [-0.2, 0) is 4.74 Å². The third kappa shape index (κ3) is 2.63. The zero-order valence-corrected chi connectivity index (χ0v) is 10.1. The second-order valence-electron chi connectivity index (χ2n) is 4.69. The minimum Gasteiger partial charge on any atom is -0.376 e. The van der Waals surface area contributed by atoms with Crippen LogP contribution >= 0.6 is 0 Å². The summed E-state index contributed by atoms with van der Waals surface area (Å²) in [6, 6.07) is 8.49. The lowest BCUT2D eigenvalue weighted by atomic mass is 9.98. The van der Waals surface area contributed by atoms with Crippen LogP contribution in [0, 0.1) is 12.8 Å². The Morgan fingerprint density at radius 2 is 1.94 bits per heavy atom. The minimum absolute atomic E-state index is 0.0213. The van der Waals surface area contributed by atoms with Gasteiger partial charge >= 0.3 is 0 Å². The maximum Gasteiger partial charge on any atom is 0.0795 e. The van der Waals surface area contributed by atoms with E-state index in [1.54, 1.807) is 0 Å². The third-order valence-corrected chi connectivity index (χ3v) is 3.26. The van der Waals surface area contributed by atoms with Gasteiger partial charge in [-0.3, -0.25) is 0 Å². The molecule has 1 aliphatic carbocycles. The van der Waals surface area contributed by atoms with Gasteiger partial charge < -0.3 is 10.5 Å². The molecule has 2 unspecified atom stereocenters. The third-order valence-electron chi connectivity index (χ3n) is 3.26. The molecule has 1 aromatic rings. The molecule has 2 atom stereocenters. The highest BCUT2D eigenvalue weighted by Gasteiger charge is 2.36. The van der Waals surface area contributed by atoms with E-state index in [1.807, 2.05) is 6.92 Å². The Bertz CT molecular complexity index is 329. The van der Waals surface area contributed by atoms with Crippen molar-refractivity contribution in [1.82, 2.24) is 0 Å². The molecule has 0 heterocycles. The van der Waals surface area contributed by atoms with E-state index in [0.29, 0.717) is 5.92 Å². The van der Waals surface area contributed by atoms with Gasteiger partial charge in [0.05, 0.1) is 12.1 Å². The van der Waals surface area contributed by atoms with Crippen LogP contribution in [0.15, 0.2) is 24.3 Å². The van der Waals surface area contributed by atoms with Crippen LogP contribution in [0.4, 0.5) is 0 Å². The summed E-state index contributed by atoms with van der Waals surface area (Å²) < 4.78 is 5.79. The van der Waals surface area contributed by atoms with E-state index in [2.05, 4.69) is 31.2 Å². The molecule has 1 saturated carbocycles. The summed E-state index contributed by atoms with van der Waals surface area (Å²) in [5.74, 6) is 0.677. The van der Waals surface area contributed by atoms with Crippen LogP contribution in [0.1, 0.15) is 36.9 Å². The highest BCUT2D eigenvalue weighted by atomic mass is 16.5. The Hall–Kier alpha value is -0.860. The monoisotopic (exact) mass is 219 g/mol. The Balaban J connectivity index is 2.08. The number of aryl methyl sites for hydroxylation is 1. The summed E-state index contributed by atoms with van der Waals surface area (Å²) in [6.45, 7) is 4.88. The standard InChI is InChI=1S/C14H21NO/c1-3-16-14(12-8-9-12)13(15)11-6-4-10(2)5-7-11/h4-7,12-14H,3,8-9,15H2,1-2H3. The summed E-state index contributed by atoms with van der Waals surface area (Å²) in [5, 5.41) is 0. The molecule has 1 aromatic carbocycles. The molecular weight excluding hydrogens is 198 g/mol. The van der Waals surface area contributed by atoms with Crippen molar-refractivity contribution >= 4 is 0 Å². The SMILES string of the molecule is CCOC(C1CC1)C(N)c1ccc(C)cc1. The summed E-state index contributed by atoms with van der Waals surface area (Å²) in [5.41, 5.74) is 8.76. The van der Waals surface area contributed by atoms with Gasteiger partial charge in [-0.15, -0.1) is 0 Å². The maximum atomic E-state index is 6.29. The van der Waals surface area contributed by atoms with Crippen LogP contribution in [0.3, 0.4) is 0 Å². The zero-order chi connectivity index (χ0) is 11.5. The normalized spacial score (nSPS) is 19.4. The van der Waals surface area contributed by atoms with Crippen LogP contribution in [0.5, 0.6) is 0 Å². The molecule has 2 N–H and O–H groups in total. The van der Waals surface area contributed by atoms with Crippen molar-refractivity contribution in [3.05, 3.63) is 35.4 Å². The van der Waals surface area contributed by atoms with Crippen LogP contribution in [0.2, 0.25) is 0 Å². The molecule has 0 aromatic heterocycles. The molecule has 1 aliphatic rings. The van der Waals surface area contributed by atoms with E-state index in [4.69, 9.17) is 10.5 Å². The first-order chi connectivity index (χ1) is 7.72. The van der Waals surface area contributed by atoms with Crippen molar-refractivity contribution in [2.75, 3.05) is 6.61 Å². The first kappa shape index (κ1) is 11.6. The molecule has 0 amide bonds. The van der Waals surface area contributed by atoms with E-state index < -0.39 is 0 Å². The average Bonchev–Trinajstić information content (AvgIpc) is 3.10. The molecule has 0 spiro atoms. The van der Waals surface area contributed by atoms with Crippen LogP contribution < -0.4 is 5.73 Å². The number of nitrogens with two attached hydrogens (primary N) is 1. The molecule has 0 aliphatic heterocycles. The number of hydrogen-bond acceptors (Lipinski definition) is 2. The van der Waals surface area contributed by atoms with Crippen molar-refractivity contribution in [3.63, 3.8) is 0 Å². The molecular formula is C14H21NO. The molecule has 2 rings (SSSR count). The Kier molecular flexibility index (Phi) is 3.62. The molecule has 0 radical (unpaired) electrons. The lowest BCUT2D eigenvalue weighted by Crippen LogP contribution is -2.30. The van der Waals surface area contributed by atoms with Crippen LogP contribution in [0.25, 0.3) is 0 Å². The van der Waals surface area contributed by atoms with Gasteiger partial charge in [-0.05, 0) is 38.2 Å². The Morgan fingerprint density at radius 1 is 1.31 bits per heavy atom. The van der Waals surface area contributed by atoms with E-state index in [1.165, 1.54) is 24.0 Å². The highest BCUT2D eigenvalue weighted by Crippen LogP contribution is 2.39. The van der Waals surface area contributed by atoms with Gasteiger partial charge in [0.2, 0.25) is 0 Å². The molecule has 16 heavy (non-hydrogen) atoms. The predicted molar refractivity (Wildman–Crippen MR) is 66.2 cm³/mol. The molecule has 2 heteroatoms. The fourth-order valence-electron chi connectivity index (χ4n) is 2.13. The predicted octanol–water partition coefficient (Wildman–Crippen LogP) is 2.81. The van der Waals surface area contributed by atoms with E-state index >= 15 is 0 Å². The highest BCUT2D eigenvalue weighted by molar-refractivity contribution is 5.25. The number of hydrogen-bond donors (Lipinski definition) is 1. The van der Waals surface area contributed by atoms with E-state index in [0.717, 1.165) is 6.61 Å². The van der Waals surface area contributed by atoms with Crippen molar-refractivity contribution in [2.24, 2.45) is 11.7 Å². The molecule has 0 bridgehead atoms. The van der Waals surface area contributed by atoms with E-state index in [9.17, 15) is 0 Å². The Morgan fingerprint density at radius 3 is 2.44 bits per heavy atom. The van der Waals surface area contributed by atoms with Gasteiger partial charge in [0.15, 0.2) is 0 Å². The van der Waals surface area contributed by atoms with E-state index in [-0.39, 0.29) is 12.1 Å². The fourth-order valence-corrected chi connectivity index (χ4v) is 2.13. The summed E-state index contributed by atoms with van der Waals surface area (Å²) in [7, 11) is 0. The van der Waals surface area contributed by atoms with Crippen molar-refractivity contribution in [3.8, 4) is 0 Å². The zero-order valence-electron chi connectivity index (χ0n) is 10.1. The maximum absolute atomic E-state index is 6.29. The Labute approximate surface area is 97.8 Å². The number of ether oxygens (including phenoxy) is 1. The van der Waals surface area contributed by atoms with Crippen molar-refractivity contribution in [2.45, 2.75) is 38.8 Å². The molecule has 0 saturated heterocycles. The summed E-state index contributed by atoms with van der Waals surface area (Å²) >= 11 is 0. The molecule has 88 valence electrons. The van der Waals surface area contributed by atoms with Gasteiger partial charge in [-0.25, -0.2) is 0 Å². The second kappa shape index (κ2) is 4.98. The van der Waals surface area contributed by atoms with Crippen LogP contribution in [-0.4, -0.2) is 12.7 Å².